The Kier molecular flexibility index (Phi) is 3.83. The first-order chi connectivity index (χ1) is 10.6. The quantitative estimate of drug-likeness (QED) is 0.774. The number of carbonyl (C=O) groups excluding carboxylic acids is 1. The fourth-order valence-corrected chi connectivity index (χ4v) is 2.50. The number of nitrogens with one attached hydrogen (secondary N) is 2. The van der Waals surface area contributed by atoms with Gasteiger partial charge in [-0.1, -0.05) is 18.2 Å². The number of rotatable bonds is 4. The molecule has 4 nitrogen and oxygen atoms in total. The van der Waals surface area contributed by atoms with E-state index in [0.29, 0.717) is 6.42 Å². The van der Waals surface area contributed by atoms with Gasteiger partial charge in [-0.3, -0.25) is 4.79 Å². The molecular weight excluding hydrogens is 274 g/mol. The first kappa shape index (κ1) is 14.2. The number of carbonyl (C=O) groups is 1. The summed E-state index contributed by atoms with van der Waals surface area (Å²) < 4.78 is 0. The van der Waals surface area contributed by atoms with Crippen LogP contribution in [0, 0.1) is 0 Å². The molecule has 0 aliphatic carbocycles. The minimum absolute atomic E-state index is 0.0117. The molecule has 2 aromatic carbocycles. The van der Waals surface area contributed by atoms with Crippen molar-refractivity contribution in [2.75, 3.05) is 24.3 Å². The lowest BCUT2D eigenvalue weighted by atomic mass is 10.1. The molecule has 0 aliphatic heterocycles. The monoisotopic (exact) mass is 293 g/mol. The van der Waals surface area contributed by atoms with E-state index >= 15 is 0 Å². The van der Waals surface area contributed by atoms with Crippen LogP contribution in [0.2, 0.25) is 0 Å². The zero-order chi connectivity index (χ0) is 15.5. The molecule has 112 valence electrons. The van der Waals surface area contributed by atoms with Gasteiger partial charge in [-0.15, -0.1) is 0 Å². The Morgan fingerprint density at radius 2 is 1.82 bits per heavy atom. The van der Waals surface area contributed by atoms with Gasteiger partial charge in [-0.25, -0.2) is 0 Å². The highest BCUT2D eigenvalue weighted by molar-refractivity contribution is 5.95. The van der Waals surface area contributed by atoms with Crippen LogP contribution in [-0.4, -0.2) is 25.0 Å². The fourth-order valence-electron chi connectivity index (χ4n) is 2.50. The molecule has 4 heteroatoms. The molecule has 1 heterocycles. The maximum absolute atomic E-state index is 12.2. The lowest BCUT2D eigenvalue weighted by Crippen LogP contribution is -2.14. The van der Waals surface area contributed by atoms with E-state index in [4.69, 9.17) is 0 Å². The number of aromatic nitrogens is 1. The summed E-state index contributed by atoms with van der Waals surface area (Å²) in [5.41, 5.74) is 3.99. The largest absolute Gasteiger partial charge is 0.378 e. The second-order valence-corrected chi connectivity index (χ2v) is 5.53. The number of hydrogen-bond donors (Lipinski definition) is 2. The van der Waals surface area contributed by atoms with Gasteiger partial charge in [0.2, 0.25) is 5.91 Å². The van der Waals surface area contributed by atoms with Gasteiger partial charge < -0.3 is 15.2 Å². The molecule has 0 radical (unpaired) electrons. The van der Waals surface area contributed by atoms with Crippen molar-refractivity contribution in [2.24, 2.45) is 0 Å². The van der Waals surface area contributed by atoms with Crippen molar-refractivity contribution < 1.29 is 4.79 Å². The molecule has 0 atom stereocenters. The summed E-state index contributed by atoms with van der Waals surface area (Å²) in [7, 11) is 3.98. The van der Waals surface area contributed by atoms with Crippen molar-refractivity contribution in [3.8, 4) is 0 Å². The molecule has 1 aromatic heterocycles. The second-order valence-electron chi connectivity index (χ2n) is 5.53. The molecule has 0 saturated heterocycles. The maximum Gasteiger partial charge on any atom is 0.228 e. The predicted octanol–water partition coefficient (Wildman–Crippen LogP) is 3.42. The zero-order valence-corrected chi connectivity index (χ0v) is 12.8. The Balaban J connectivity index is 1.69. The van der Waals surface area contributed by atoms with Gasteiger partial charge in [-0.05, 0) is 35.9 Å². The summed E-state index contributed by atoms with van der Waals surface area (Å²) in [6, 6.07) is 15.8. The Labute approximate surface area is 129 Å². The van der Waals surface area contributed by atoms with Crippen LogP contribution in [0.3, 0.4) is 0 Å². The molecule has 0 fully saturated rings. The minimum atomic E-state index is -0.0117. The molecular formula is C18H19N3O. The Morgan fingerprint density at radius 1 is 1.09 bits per heavy atom. The predicted molar refractivity (Wildman–Crippen MR) is 91.4 cm³/mol. The van der Waals surface area contributed by atoms with E-state index in [0.717, 1.165) is 27.8 Å². The van der Waals surface area contributed by atoms with E-state index in [9.17, 15) is 4.79 Å². The summed E-state index contributed by atoms with van der Waals surface area (Å²) in [5, 5.41) is 4.04. The van der Waals surface area contributed by atoms with E-state index in [2.05, 4.69) is 10.3 Å². The lowest BCUT2D eigenvalue weighted by Gasteiger charge is -2.13. The first-order valence-corrected chi connectivity index (χ1v) is 7.26. The van der Waals surface area contributed by atoms with Gasteiger partial charge in [-0.2, -0.15) is 0 Å². The molecule has 1 amide bonds. The van der Waals surface area contributed by atoms with Crippen LogP contribution in [0.4, 0.5) is 11.4 Å². The number of amides is 1. The number of para-hydroxylation sites is 1. The van der Waals surface area contributed by atoms with Crippen LogP contribution in [0.1, 0.15) is 5.56 Å². The number of nitrogens with zero attached hydrogens (tertiary/aromatic N) is 1. The molecule has 2 N–H and O–H groups in total. The van der Waals surface area contributed by atoms with E-state index in [1.54, 1.807) is 0 Å². The van der Waals surface area contributed by atoms with Crippen LogP contribution in [0.5, 0.6) is 0 Å². The lowest BCUT2D eigenvalue weighted by molar-refractivity contribution is -0.115. The Hall–Kier alpha value is -2.75. The Bertz CT molecular complexity index is 787. The highest BCUT2D eigenvalue weighted by Crippen LogP contribution is 2.19. The van der Waals surface area contributed by atoms with Gasteiger partial charge >= 0.3 is 0 Å². The van der Waals surface area contributed by atoms with Crippen molar-refractivity contribution >= 4 is 28.2 Å². The number of benzene rings is 2. The summed E-state index contributed by atoms with van der Waals surface area (Å²) in [6.45, 7) is 0. The normalized spacial score (nSPS) is 10.6. The van der Waals surface area contributed by atoms with Gasteiger partial charge in [0.1, 0.15) is 0 Å². The van der Waals surface area contributed by atoms with E-state index in [-0.39, 0.29) is 5.91 Å². The van der Waals surface area contributed by atoms with Gasteiger partial charge in [0, 0.05) is 42.6 Å². The molecule has 0 spiro atoms. The second kappa shape index (κ2) is 5.93. The summed E-state index contributed by atoms with van der Waals surface area (Å²) in [6.07, 6.45) is 2.26. The minimum Gasteiger partial charge on any atom is -0.378 e. The SMILES string of the molecule is CN(C)c1ccc(NC(=O)Cc2c[nH]c3ccccc23)cc1. The van der Waals surface area contributed by atoms with E-state index in [1.807, 2.05) is 73.7 Å². The molecule has 0 aliphatic rings. The number of hydrogen-bond acceptors (Lipinski definition) is 2. The smallest absolute Gasteiger partial charge is 0.228 e. The van der Waals surface area contributed by atoms with Crippen molar-refractivity contribution in [3.05, 3.63) is 60.3 Å². The maximum atomic E-state index is 12.2. The Morgan fingerprint density at radius 3 is 2.55 bits per heavy atom. The number of fused-ring (bicyclic) bond motifs is 1. The third-order valence-corrected chi connectivity index (χ3v) is 3.69. The van der Waals surface area contributed by atoms with E-state index < -0.39 is 0 Å². The molecule has 22 heavy (non-hydrogen) atoms. The summed E-state index contributed by atoms with van der Waals surface area (Å²) >= 11 is 0. The van der Waals surface area contributed by atoms with Crippen molar-refractivity contribution in [2.45, 2.75) is 6.42 Å². The molecule has 3 rings (SSSR count). The fraction of sp³-hybridized carbons (Fsp3) is 0.167. The van der Waals surface area contributed by atoms with Crippen molar-refractivity contribution in [1.29, 1.82) is 0 Å². The number of aromatic amines is 1. The van der Waals surface area contributed by atoms with E-state index in [1.165, 1.54) is 0 Å². The topological polar surface area (TPSA) is 48.1 Å². The van der Waals surface area contributed by atoms with Gasteiger partial charge in [0.25, 0.3) is 0 Å². The molecule has 0 bridgehead atoms. The molecule has 3 aromatic rings. The van der Waals surface area contributed by atoms with Gasteiger partial charge in [0.05, 0.1) is 6.42 Å². The highest BCUT2D eigenvalue weighted by atomic mass is 16.1. The van der Waals surface area contributed by atoms with Crippen LogP contribution in [0.25, 0.3) is 10.9 Å². The first-order valence-electron chi connectivity index (χ1n) is 7.26. The van der Waals surface area contributed by atoms with Crippen LogP contribution < -0.4 is 10.2 Å². The molecule has 0 saturated carbocycles. The van der Waals surface area contributed by atoms with Crippen LogP contribution in [0.15, 0.2) is 54.7 Å². The summed E-state index contributed by atoms with van der Waals surface area (Å²) in [4.78, 5) is 17.4. The zero-order valence-electron chi connectivity index (χ0n) is 12.8. The number of anilines is 2. The third-order valence-electron chi connectivity index (χ3n) is 3.69. The summed E-state index contributed by atoms with van der Waals surface area (Å²) in [5.74, 6) is -0.0117. The third kappa shape index (κ3) is 2.96. The van der Waals surface area contributed by atoms with Crippen molar-refractivity contribution in [3.63, 3.8) is 0 Å². The standard InChI is InChI=1S/C18H19N3O/c1-21(2)15-9-7-14(8-10-15)20-18(22)11-13-12-19-17-6-4-3-5-16(13)17/h3-10,12,19H,11H2,1-2H3,(H,20,22). The average Bonchev–Trinajstić information content (AvgIpc) is 2.91. The molecule has 0 unspecified atom stereocenters. The van der Waals surface area contributed by atoms with Crippen LogP contribution >= 0.6 is 0 Å². The average molecular weight is 293 g/mol. The highest BCUT2D eigenvalue weighted by Gasteiger charge is 2.09. The van der Waals surface area contributed by atoms with Crippen LogP contribution in [-0.2, 0) is 11.2 Å². The number of H-pyrrole nitrogens is 1. The van der Waals surface area contributed by atoms with Gasteiger partial charge in [0.15, 0.2) is 0 Å². The van der Waals surface area contributed by atoms with Crippen molar-refractivity contribution in [1.82, 2.24) is 4.98 Å².